The molecule has 0 saturated heterocycles. The molecule has 4 aromatic rings. The molecule has 0 radical (unpaired) electrons. The second kappa shape index (κ2) is 5.52. The highest BCUT2D eigenvalue weighted by Gasteiger charge is 2.20. The minimum Gasteiger partial charge on any atom is -0.309 e. The van der Waals surface area contributed by atoms with Gasteiger partial charge in [0.05, 0.1) is 11.0 Å². The van der Waals surface area contributed by atoms with E-state index in [1.807, 2.05) is 0 Å². The zero-order valence-electron chi connectivity index (χ0n) is 14.6. The molecule has 0 atom stereocenters. The van der Waals surface area contributed by atoms with E-state index in [0.717, 1.165) is 6.42 Å². The molecule has 0 bridgehead atoms. The molecular formula is C23H23N. The number of benzene rings is 3. The SMILES string of the molecule is CCC(C)(C)c1ccc2c(c1)c1ccccc1n2-c1ccccc1. The quantitative estimate of drug-likeness (QED) is 0.408. The van der Waals surface area contributed by atoms with Gasteiger partial charge in [-0.2, -0.15) is 0 Å². The first-order valence-electron chi connectivity index (χ1n) is 8.71. The van der Waals surface area contributed by atoms with Crippen molar-refractivity contribution >= 4 is 21.8 Å². The van der Waals surface area contributed by atoms with Gasteiger partial charge in [0.15, 0.2) is 0 Å². The molecule has 0 amide bonds. The van der Waals surface area contributed by atoms with E-state index in [0.29, 0.717) is 0 Å². The molecule has 0 fully saturated rings. The summed E-state index contributed by atoms with van der Waals surface area (Å²) in [5.41, 5.74) is 5.37. The van der Waals surface area contributed by atoms with Gasteiger partial charge in [-0.1, -0.05) is 63.2 Å². The van der Waals surface area contributed by atoms with Crippen LogP contribution < -0.4 is 0 Å². The number of fused-ring (bicyclic) bond motifs is 3. The molecule has 0 aliphatic carbocycles. The molecule has 4 rings (SSSR count). The Bertz CT molecular complexity index is 1010. The number of para-hydroxylation sites is 2. The molecule has 0 spiro atoms. The van der Waals surface area contributed by atoms with Gasteiger partial charge in [-0.15, -0.1) is 0 Å². The van der Waals surface area contributed by atoms with Crippen molar-refractivity contribution < 1.29 is 0 Å². The van der Waals surface area contributed by atoms with Crippen molar-refractivity contribution in [1.82, 2.24) is 4.57 Å². The first-order valence-corrected chi connectivity index (χ1v) is 8.71. The maximum absolute atomic E-state index is 2.39. The van der Waals surface area contributed by atoms with Gasteiger partial charge in [-0.3, -0.25) is 0 Å². The van der Waals surface area contributed by atoms with Crippen LogP contribution >= 0.6 is 0 Å². The van der Waals surface area contributed by atoms with E-state index in [1.54, 1.807) is 0 Å². The third-order valence-corrected chi connectivity index (χ3v) is 5.35. The van der Waals surface area contributed by atoms with E-state index in [2.05, 4.69) is 98.1 Å². The molecule has 0 unspecified atom stereocenters. The molecule has 1 heteroatoms. The van der Waals surface area contributed by atoms with Gasteiger partial charge in [0.2, 0.25) is 0 Å². The normalized spacial score (nSPS) is 12.1. The van der Waals surface area contributed by atoms with Gasteiger partial charge in [-0.05, 0) is 47.7 Å². The highest BCUT2D eigenvalue weighted by atomic mass is 15.0. The summed E-state index contributed by atoms with van der Waals surface area (Å²) in [5.74, 6) is 0. The second-order valence-electron chi connectivity index (χ2n) is 7.16. The van der Waals surface area contributed by atoms with Gasteiger partial charge in [0.25, 0.3) is 0 Å². The van der Waals surface area contributed by atoms with Crippen molar-refractivity contribution in [3.8, 4) is 5.69 Å². The predicted molar refractivity (Wildman–Crippen MR) is 104 cm³/mol. The number of nitrogens with zero attached hydrogens (tertiary/aromatic N) is 1. The van der Waals surface area contributed by atoms with Crippen LogP contribution in [0.1, 0.15) is 32.8 Å². The maximum Gasteiger partial charge on any atom is 0.0541 e. The van der Waals surface area contributed by atoms with Gasteiger partial charge in [0.1, 0.15) is 0 Å². The van der Waals surface area contributed by atoms with Crippen molar-refractivity contribution in [2.45, 2.75) is 32.6 Å². The summed E-state index contributed by atoms with van der Waals surface area (Å²) < 4.78 is 2.37. The van der Waals surface area contributed by atoms with E-state index < -0.39 is 0 Å². The van der Waals surface area contributed by atoms with E-state index in [1.165, 1.54) is 33.1 Å². The molecule has 0 aliphatic heterocycles. The molecule has 120 valence electrons. The minimum absolute atomic E-state index is 0.199. The van der Waals surface area contributed by atoms with Crippen LogP contribution in [0.3, 0.4) is 0 Å². The summed E-state index contributed by atoms with van der Waals surface area (Å²) in [6, 6.07) is 26.3. The summed E-state index contributed by atoms with van der Waals surface area (Å²) in [7, 11) is 0. The zero-order chi connectivity index (χ0) is 16.7. The van der Waals surface area contributed by atoms with Crippen LogP contribution in [0.2, 0.25) is 0 Å². The topological polar surface area (TPSA) is 4.93 Å². The molecule has 1 nitrogen and oxygen atoms in total. The first kappa shape index (κ1) is 15.0. The van der Waals surface area contributed by atoms with Gasteiger partial charge in [0, 0.05) is 16.5 Å². The highest BCUT2D eigenvalue weighted by Crippen LogP contribution is 2.35. The van der Waals surface area contributed by atoms with E-state index in [-0.39, 0.29) is 5.41 Å². The lowest BCUT2D eigenvalue weighted by Gasteiger charge is -2.23. The number of aromatic nitrogens is 1. The number of hydrogen-bond acceptors (Lipinski definition) is 0. The zero-order valence-corrected chi connectivity index (χ0v) is 14.6. The molecule has 1 aromatic heterocycles. The lowest BCUT2D eigenvalue weighted by Crippen LogP contribution is -2.15. The fraction of sp³-hybridized carbons (Fsp3) is 0.217. The van der Waals surface area contributed by atoms with Crippen molar-refractivity contribution in [1.29, 1.82) is 0 Å². The fourth-order valence-corrected chi connectivity index (χ4v) is 3.45. The second-order valence-corrected chi connectivity index (χ2v) is 7.16. The first-order chi connectivity index (χ1) is 11.6. The fourth-order valence-electron chi connectivity index (χ4n) is 3.45. The van der Waals surface area contributed by atoms with Crippen molar-refractivity contribution in [2.24, 2.45) is 0 Å². The summed E-state index contributed by atoms with van der Waals surface area (Å²) in [6.07, 6.45) is 1.13. The summed E-state index contributed by atoms with van der Waals surface area (Å²) in [6.45, 7) is 6.91. The lowest BCUT2D eigenvalue weighted by molar-refractivity contribution is 0.507. The summed E-state index contributed by atoms with van der Waals surface area (Å²) in [5, 5.41) is 2.67. The van der Waals surface area contributed by atoms with E-state index in [4.69, 9.17) is 0 Å². The Kier molecular flexibility index (Phi) is 3.45. The van der Waals surface area contributed by atoms with Crippen LogP contribution in [-0.4, -0.2) is 4.57 Å². The molecule has 24 heavy (non-hydrogen) atoms. The Morgan fingerprint density at radius 3 is 2.17 bits per heavy atom. The van der Waals surface area contributed by atoms with Gasteiger partial charge in [-0.25, -0.2) is 0 Å². The predicted octanol–water partition coefficient (Wildman–Crippen LogP) is 6.47. The average molecular weight is 313 g/mol. The Balaban J connectivity index is 2.09. The number of rotatable bonds is 3. The highest BCUT2D eigenvalue weighted by molar-refractivity contribution is 6.09. The van der Waals surface area contributed by atoms with Crippen LogP contribution in [0.25, 0.3) is 27.5 Å². The van der Waals surface area contributed by atoms with Crippen LogP contribution in [-0.2, 0) is 5.41 Å². The maximum atomic E-state index is 2.39. The van der Waals surface area contributed by atoms with Crippen molar-refractivity contribution in [2.75, 3.05) is 0 Å². The average Bonchev–Trinajstić information content (AvgIpc) is 2.96. The van der Waals surface area contributed by atoms with Crippen LogP contribution in [0.5, 0.6) is 0 Å². The monoisotopic (exact) mass is 313 g/mol. The standard InChI is InChI=1S/C23H23N/c1-4-23(2,3)17-14-15-22-20(16-17)19-12-8-9-13-21(19)24(22)18-10-6-5-7-11-18/h5-16H,4H2,1-3H3. The smallest absolute Gasteiger partial charge is 0.0541 e. The van der Waals surface area contributed by atoms with Crippen molar-refractivity contribution in [3.05, 3.63) is 78.4 Å². The van der Waals surface area contributed by atoms with Gasteiger partial charge >= 0.3 is 0 Å². The van der Waals surface area contributed by atoms with Crippen LogP contribution in [0.15, 0.2) is 72.8 Å². The van der Waals surface area contributed by atoms with Crippen LogP contribution in [0, 0.1) is 0 Å². The Hall–Kier alpha value is -2.54. The Morgan fingerprint density at radius 1 is 0.750 bits per heavy atom. The molecular weight excluding hydrogens is 290 g/mol. The van der Waals surface area contributed by atoms with E-state index >= 15 is 0 Å². The molecule has 0 aliphatic rings. The number of hydrogen-bond donors (Lipinski definition) is 0. The largest absolute Gasteiger partial charge is 0.309 e. The Labute approximate surface area is 143 Å². The minimum atomic E-state index is 0.199. The van der Waals surface area contributed by atoms with Gasteiger partial charge < -0.3 is 4.57 Å². The Morgan fingerprint density at radius 2 is 1.42 bits per heavy atom. The molecule has 0 N–H and O–H groups in total. The lowest BCUT2D eigenvalue weighted by atomic mass is 9.82. The summed E-state index contributed by atoms with van der Waals surface area (Å²) in [4.78, 5) is 0. The summed E-state index contributed by atoms with van der Waals surface area (Å²) >= 11 is 0. The molecule has 3 aromatic carbocycles. The molecule has 1 heterocycles. The van der Waals surface area contributed by atoms with E-state index in [9.17, 15) is 0 Å². The molecule has 0 saturated carbocycles. The van der Waals surface area contributed by atoms with Crippen LogP contribution in [0.4, 0.5) is 0 Å². The third-order valence-electron chi connectivity index (χ3n) is 5.35. The third kappa shape index (κ3) is 2.24. The van der Waals surface area contributed by atoms with Crippen molar-refractivity contribution in [3.63, 3.8) is 0 Å².